The number of β-amino-alcohol motifs (C(OH)–C–C–N with tert-alkyl or cyclic N) is 1. The topological polar surface area (TPSA) is 61.8 Å². The lowest BCUT2D eigenvalue weighted by Gasteiger charge is -2.30. The zero-order chi connectivity index (χ0) is 19.3. The van der Waals surface area contributed by atoms with E-state index in [1.54, 1.807) is 6.07 Å². The van der Waals surface area contributed by atoms with Crippen LogP contribution in [0, 0.1) is 5.82 Å². The largest absolute Gasteiger partial charge is 0.487 e. The number of hydrogen-bond acceptors (Lipinski definition) is 4. The van der Waals surface area contributed by atoms with Gasteiger partial charge in [-0.1, -0.05) is 18.2 Å². The third-order valence-corrected chi connectivity index (χ3v) is 5.63. The number of hydrogen-bond donors (Lipinski definition) is 2. The number of carbonyl (C=O) groups is 1. The smallest absolute Gasteiger partial charge is 0.260 e. The molecule has 3 heterocycles. The first kappa shape index (κ1) is 17.4. The van der Waals surface area contributed by atoms with E-state index in [2.05, 4.69) is 16.3 Å². The molecule has 0 spiro atoms. The van der Waals surface area contributed by atoms with Crippen LogP contribution in [-0.4, -0.2) is 35.1 Å². The van der Waals surface area contributed by atoms with Gasteiger partial charge in [-0.3, -0.25) is 9.69 Å². The highest BCUT2D eigenvalue weighted by Crippen LogP contribution is 2.42. The summed E-state index contributed by atoms with van der Waals surface area (Å²) in [6.45, 7) is 2.86. The molecular weight excluding hydrogens is 359 g/mol. The molecule has 1 unspecified atom stereocenters. The number of aliphatic hydroxyl groups is 1. The summed E-state index contributed by atoms with van der Waals surface area (Å²) in [4.78, 5) is 14.8. The van der Waals surface area contributed by atoms with E-state index in [9.17, 15) is 14.3 Å². The number of fused-ring (bicyclic) bond motifs is 2. The lowest BCUT2D eigenvalue weighted by atomic mass is 9.98. The Bertz CT molecular complexity index is 1000. The zero-order valence-electron chi connectivity index (χ0n) is 15.4. The van der Waals surface area contributed by atoms with Crippen LogP contribution in [0.3, 0.4) is 0 Å². The van der Waals surface area contributed by atoms with E-state index in [0.717, 1.165) is 42.6 Å². The molecule has 1 fully saturated rings. The predicted molar refractivity (Wildman–Crippen MR) is 104 cm³/mol. The Morgan fingerprint density at radius 3 is 2.96 bits per heavy atom. The minimum absolute atomic E-state index is 0.246. The number of carbonyl (C=O) groups excluding carboxylic acids is 1. The Kier molecular flexibility index (Phi) is 4.18. The summed E-state index contributed by atoms with van der Waals surface area (Å²) < 4.78 is 19.6. The van der Waals surface area contributed by atoms with Gasteiger partial charge in [0.2, 0.25) is 0 Å². The highest BCUT2D eigenvalue weighted by Gasteiger charge is 2.33. The number of nitrogens with zero attached hydrogens (tertiary/aromatic N) is 1. The minimum atomic E-state index is -0.384. The third kappa shape index (κ3) is 2.99. The van der Waals surface area contributed by atoms with Gasteiger partial charge in [0.1, 0.15) is 18.2 Å². The average molecular weight is 380 g/mol. The molecule has 3 aliphatic rings. The van der Waals surface area contributed by atoms with E-state index in [0.29, 0.717) is 35.7 Å². The fraction of sp³-hybridized carbons (Fsp3) is 0.318. The van der Waals surface area contributed by atoms with Crippen molar-refractivity contribution in [2.45, 2.75) is 32.1 Å². The fourth-order valence-electron chi connectivity index (χ4n) is 4.32. The number of nitrogens with one attached hydrogen (secondary N) is 1. The van der Waals surface area contributed by atoms with Gasteiger partial charge in [0.05, 0.1) is 11.7 Å². The van der Waals surface area contributed by atoms with Crippen LogP contribution in [0.1, 0.15) is 35.1 Å². The predicted octanol–water partition coefficient (Wildman–Crippen LogP) is 3.13. The second-order valence-electron chi connectivity index (χ2n) is 7.66. The van der Waals surface area contributed by atoms with Crippen molar-refractivity contribution in [3.8, 4) is 0 Å². The molecule has 0 saturated carbocycles. The summed E-state index contributed by atoms with van der Waals surface area (Å²) in [6, 6.07) is 10.4. The maximum absolute atomic E-state index is 13.7. The molecule has 0 bridgehead atoms. The molecule has 0 radical (unpaired) electrons. The van der Waals surface area contributed by atoms with E-state index < -0.39 is 0 Å². The number of likely N-dealkylation sites (tertiary alicyclic amines) is 1. The SMILES string of the molecule is O=C1Nc2ccc(F)cc2C1=C1OCc2cc(CN3CCCC(O)C3)ccc21. The fourth-order valence-corrected chi connectivity index (χ4v) is 4.32. The van der Waals surface area contributed by atoms with Crippen LogP contribution in [0.2, 0.25) is 0 Å². The summed E-state index contributed by atoms with van der Waals surface area (Å²) in [5.74, 6) is -0.141. The van der Waals surface area contributed by atoms with E-state index in [1.807, 2.05) is 12.1 Å². The van der Waals surface area contributed by atoms with Crippen molar-refractivity contribution >= 4 is 22.9 Å². The molecule has 3 aliphatic heterocycles. The standard InChI is InChI=1S/C22H21FN2O3/c23-15-4-6-19-18(9-15)20(22(27)24-19)21-17-5-3-13(8-14(17)12-28-21)10-25-7-1-2-16(26)11-25/h3-6,8-9,16,26H,1-2,7,10-12H2,(H,24,27). The molecular formula is C22H21FN2O3. The summed E-state index contributed by atoms with van der Waals surface area (Å²) in [5.41, 5.74) is 4.59. The highest BCUT2D eigenvalue weighted by molar-refractivity contribution is 6.36. The first-order chi connectivity index (χ1) is 13.6. The average Bonchev–Trinajstić information content (AvgIpc) is 3.21. The molecule has 5 nitrogen and oxygen atoms in total. The van der Waals surface area contributed by atoms with Crippen LogP contribution in [-0.2, 0) is 22.7 Å². The lowest BCUT2D eigenvalue weighted by Crippen LogP contribution is -2.37. The Morgan fingerprint density at radius 2 is 2.11 bits per heavy atom. The molecule has 2 aromatic carbocycles. The number of benzene rings is 2. The summed E-state index contributed by atoms with van der Waals surface area (Å²) in [7, 11) is 0. The molecule has 1 atom stereocenters. The van der Waals surface area contributed by atoms with E-state index in [4.69, 9.17) is 4.74 Å². The van der Waals surface area contributed by atoms with Gasteiger partial charge in [-0.25, -0.2) is 4.39 Å². The van der Waals surface area contributed by atoms with E-state index >= 15 is 0 Å². The van der Waals surface area contributed by atoms with Crippen molar-refractivity contribution in [2.24, 2.45) is 0 Å². The molecule has 0 aliphatic carbocycles. The quantitative estimate of drug-likeness (QED) is 0.786. The molecule has 2 aromatic rings. The summed E-state index contributed by atoms with van der Waals surface area (Å²) in [6.07, 6.45) is 1.63. The molecule has 144 valence electrons. The van der Waals surface area contributed by atoms with Crippen molar-refractivity contribution in [3.63, 3.8) is 0 Å². The van der Waals surface area contributed by atoms with Crippen LogP contribution in [0.5, 0.6) is 0 Å². The van der Waals surface area contributed by atoms with Crippen molar-refractivity contribution < 1.29 is 19.0 Å². The van der Waals surface area contributed by atoms with Crippen LogP contribution in [0.4, 0.5) is 10.1 Å². The van der Waals surface area contributed by atoms with Crippen LogP contribution in [0.25, 0.3) is 11.3 Å². The Hall–Kier alpha value is -2.70. The maximum Gasteiger partial charge on any atom is 0.260 e. The monoisotopic (exact) mass is 380 g/mol. The van der Waals surface area contributed by atoms with Gasteiger partial charge in [-0.2, -0.15) is 0 Å². The van der Waals surface area contributed by atoms with E-state index in [-0.39, 0.29) is 17.8 Å². The van der Waals surface area contributed by atoms with Crippen molar-refractivity contribution in [2.75, 3.05) is 18.4 Å². The van der Waals surface area contributed by atoms with Crippen LogP contribution >= 0.6 is 0 Å². The molecule has 6 heteroatoms. The van der Waals surface area contributed by atoms with Crippen molar-refractivity contribution in [1.29, 1.82) is 0 Å². The zero-order valence-corrected chi connectivity index (χ0v) is 15.4. The van der Waals surface area contributed by atoms with Gasteiger partial charge in [-0.15, -0.1) is 0 Å². The van der Waals surface area contributed by atoms with Crippen molar-refractivity contribution in [1.82, 2.24) is 4.90 Å². The number of aliphatic hydroxyl groups excluding tert-OH is 1. The number of rotatable bonds is 2. The molecule has 5 rings (SSSR count). The molecule has 1 amide bonds. The third-order valence-electron chi connectivity index (χ3n) is 5.63. The Morgan fingerprint density at radius 1 is 1.21 bits per heavy atom. The molecule has 28 heavy (non-hydrogen) atoms. The Labute approximate surface area is 162 Å². The molecule has 2 N–H and O–H groups in total. The van der Waals surface area contributed by atoms with E-state index in [1.165, 1.54) is 12.1 Å². The van der Waals surface area contributed by atoms with Gasteiger partial charge in [0, 0.05) is 35.5 Å². The van der Waals surface area contributed by atoms with Gasteiger partial charge >= 0.3 is 0 Å². The second kappa shape index (κ2) is 6.72. The maximum atomic E-state index is 13.7. The van der Waals surface area contributed by atoms with Gasteiger partial charge in [0.15, 0.2) is 0 Å². The first-order valence-corrected chi connectivity index (χ1v) is 9.59. The van der Waals surface area contributed by atoms with Gasteiger partial charge in [0.25, 0.3) is 5.91 Å². The minimum Gasteiger partial charge on any atom is -0.487 e. The van der Waals surface area contributed by atoms with Crippen molar-refractivity contribution in [3.05, 3.63) is 64.5 Å². The number of piperidine rings is 1. The summed E-state index contributed by atoms with van der Waals surface area (Å²) in [5, 5.41) is 12.6. The van der Waals surface area contributed by atoms with Crippen LogP contribution in [0.15, 0.2) is 36.4 Å². The lowest BCUT2D eigenvalue weighted by molar-refractivity contribution is -0.110. The Balaban J connectivity index is 1.47. The number of amides is 1. The number of halogens is 1. The van der Waals surface area contributed by atoms with Crippen LogP contribution < -0.4 is 5.32 Å². The molecule has 0 aromatic heterocycles. The number of ether oxygens (including phenoxy) is 1. The van der Waals surface area contributed by atoms with Gasteiger partial charge < -0.3 is 15.2 Å². The first-order valence-electron chi connectivity index (χ1n) is 9.59. The van der Waals surface area contributed by atoms with Gasteiger partial charge in [-0.05, 0) is 43.1 Å². The second-order valence-corrected chi connectivity index (χ2v) is 7.66. The number of anilines is 1. The normalized spacial score (nSPS) is 23.9. The highest BCUT2D eigenvalue weighted by atomic mass is 19.1. The molecule has 1 saturated heterocycles. The summed E-state index contributed by atoms with van der Waals surface area (Å²) >= 11 is 0.